The molecule has 0 bridgehead atoms. The van der Waals surface area contributed by atoms with Gasteiger partial charge >= 0.3 is 11.9 Å². The number of para-hydroxylation sites is 1. The van der Waals surface area contributed by atoms with Crippen LogP contribution in [-0.4, -0.2) is 46.2 Å². The fourth-order valence-electron chi connectivity index (χ4n) is 3.45. The van der Waals surface area contributed by atoms with Crippen molar-refractivity contribution in [2.75, 3.05) is 24.6 Å². The maximum Gasteiger partial charge on any atom is 0.344 e. The van der Waals surface area contributed by atoms with Crippen molar-refractivity contribution >= 4 is 27.6 Å². The molecule has 0 unspecified atom stereocenters. The topological polar surface area (TPSA) is 99.2 Å². The van der Waals surface area contributed by atoms with Crippen molar-refractivity contribution in [2.45, 2.75) is 44.1 Å². The highest BCUT2D eigenvalue weighted by atomic mass is 32.2. The van der Waals surface area contributed by atoms with Crippen LogP contribution >= 0.6 is 0 Å². The summed E-state index contributed by atoms with van der Waals surface area (Å²) < 4.78 is 43.8. The van der Waals surface area contributed by atoms with Crippen molar-refractivity contribution < 1.29 is 32.2 Å². The van der Waals surface area contributed by atoms with Gasteiger partial charge in [-0.05, 0) is 63.4 Å². The molecule has 0 radical (unpaired) electrons. The number of aryl methyl sites for hydroxylation is 1. The molecule has 0 atom stereocenters. The Morgan fingerprint density at radius 3 is 2.50 bits per heavy atom. The minimum atomic E-state index is -4.02. The van der Waals surface area contributed by atoms with Gasteiger partial charge in [-0.2, -0.15) is 0 Å². The highest BCUT2D eigenvalue weighted by molar-refractivity contribution is 7.93. The van der Waals surface area contributed by atoms with Crippen molar-refractivity contribution in [1.29, 1.82) is 0 Å². The number of hydrogen-bond donors (Lipinski definition) is 0. The molecule has 0 saturated heterocycles. The first-order chi connectivity index (χ1) is 15.0. The van der Waals surface area contributed by atoms with Crippen LogP contribution in [0.25, 0.3) is 0 Å². The Hall–Kier alpha value is -3.07. The molecule has 3 rings (SSSR count). The van der Waals surface area contributed by atoms with Crippen molar-refractivity contribution in [2.24, 2.45) is 0 Å². The summed E-state index contributed by atoms with van der Waals surface area (Å²) in [5.41, 5.74) is 0.821. The van der Waals surface area contributed by atoms with Gasteiger partial charge in [0, 0.05) is 6.54 Å². The molecule has 0 aromatic heterocycles. The van der Waals surface area contributed by atoms with Crippen molar-refractivity contribution in [3.8, 4) is 5.75 Å². The average Bonchev–Trinajstić information content (AvgIpc) is 2.75. The van der Waals surface area contributed by atoms with Gasteiger partial charge in [0.2, 0.25) is 0 Å². The third-order valence-electron chi connectivity index (χ3n) is 4.78. The first kappa shape index (κ1) is 23.6. The molecule has 1 heterocycles. The number of nitrogens with zero attached hydrogens (tertiary/aromatic N) is 1. The van der Waals surface area contributed by atoms with Gasteiger partial charge in [0.05, 0.1) is 18.4 Å². The molecule has 9 heteroatoms. The summed E-state index contributed by atoms with van der Waals surface area (Å²) in [6.45, 7) is 4.84. The lowest BCUT2D eigenvalue weighted by molar-refractivity contribution is -0.158. The van der Waals surface area contributed by atoms with E-state index in [0.29, 0.717) is 18.7 Å². The van der Waals surface area contributed by atoms with Crippen LogP contribution in [0.4, 0.5) is 5.69 Å². The van der Waals surface area contributed by atoms with Crippen molar-refractivity contribution in [3.63, 3.8) is 0 Å². The standard InChI is InChI=1S/C23H27NO7S/c1-23(2,3)31-21(25)15-30-22(26)17-11-12-19(29-4)20(14-17)32(27,28)24-13-7-9-16-8-5-6-10-18(16)24/h5-6,8,10-12,14H,7,9,13,15H2,1-4H3. The zero-order valence-corrected chi connectivity index (χ0v) is 19.4. The van der Waals surface area contributed by atoms with Gasteiger partial charge in [-0.3, -0.25) is 4.31 Å². The van der Waals surface area contributed by atoms with E-state index in [4.69, 9.17) is 14.2 Å². The molecule has 1 aliphatic heterocycles. The number of ether oxygens (including phenoxy) is 3. The SMILES string of the molecule is COc1ccc(C(=O)OCC(=O)OC(C)(C)C)cc1S(=O)(=O)N1CCCc2ccccc21. The molecule has 0 spiro atoms. The molecule has 0 amide bonds. The van der Waals surface area contributed by atoms with Gasteiger partial charge in [-0.25, -0.2) is 18.0 Å². The molecule has 2 aromatic carbocycles. The third-order valence-corrected chi connectivity index (χ3v) is 6.61. The summed E-state index contributed by atoms with van der Waals surface area (Å²) >= 11 is 0. The molecule has 1 aliphatic rings. The zero-order valence-electron chi connectivity index (χ0n) is 18.6. The summed E-state index contributed by atoms with van der Waals surface area (Å²) in [5, 5.41) is 0. The Balaban J connectivity index is 1.88. The van der Waals surface area contributed by atoms with Crippen LogP contribution in [0.15, 0.2) is 47.4 Å². The summed E-state index contributed by atoms with van der Waals surface area (Å²) in [4.78, 5) is 24.2. The van der Waals surface area contributed by atoms with E-state index in [2.05, 4.69) is 0 Å². The van der Waals surface area contributed by atoms with Gasteiger partial charge in [0.25, 0.3) is 10.0 Å². The Morgan fingerprint density at radius 1 is 1.09 bits per heavy atom. The van der Waals surface area contributed by atoms with E-state index in [1.54, 1.807) is 32.9 Å². The fourth-order valence-corrected chi connectivity index (χ4v) is 5.18. The molecule has 0 N–H and O–H groups in total. The molecule has 0 fully saturated rings. The largest absolute Gasteiger partial charge is 0.495 e. The van der Waals surface area contributed by atoms with E-state index >= 15 is 0 Å². The Kier molecular flexibility index (Phi) is 6.78. The fraction of sp³-hybridized carbons (Fsp3) is 0.391. The van der Waals surface area contributed by atoms with Crippen LogP contribution in [0.5, 0.6) is 5.75 Å². The number of anilines is 1. The van der Waals surface area contributed by atoms with Gasteiger partial charge in [-0.1, -0.05) is 18.2 Å². The van der Waals surface area contributed by atoms with Crippen molar-refractivity contribution in [1.82, 2.24) is 0 Å². The van der Waals surface area contributed by atoms with E-state index in [9.17, 15) is 18.0 Å². The lowest BCUT2D eigenvalue weighted by Gasteiger charge is -2.31. The van der Waals surface area contributed by atoms with E-state index in [0.717, 1.165) is 12.0 Å². The first-order valence-electron chi connectivity index (χ1n) is 10.2. The molecule has 2 aromatic rings. The molecule has 8 nitrogen and oxygen atoms in total. The minimum absolute atomic E-state index is 0.0155. The highest BCUT2D eigenvalue weighted by Crippen LogP contribution is 2.35. The predicted molar refractivity (Wildman–Crippen MR) is 118 cm³/mol. The second-order valence-corrected chi connectivity index (χ2v) is 10.2. The summed E-state index contributed by atoms with van der Waals surface area (Å²) in [6.07, 6.45) is 1.46. The minimum Gasteiger partial charge on any atom is -0.495 e. The quantitative estimate of drug-likeness (QED) is 0.609. The van der Waals surface area contributed by atoms with E-state index in [1.165, 1.54) is 29.6 Å². The second-order valence-electron chi connectivity index (χ2n) is 8.34. The lowest BCUT2D eigenvalue weighted by Crippen LogP contribution is -2.35. The van der Waals surface area contributed by atoms with Crippen LogP contribution < -0.4 is 9.04 Å². The maximum absolute atomic E-state index is 13.5. The summed E-state index contributed by atoms with van der Waals surface area (Å²) in [6, 6.07) is 11.3. The third kappa shape index (κ3) is 5.21. The Morgan fingerprint density at radius 2 is 1.81 bits per heavy atom. The Bertz CT molecular complexity index is 1120. The molecule has 0 aliphatic carbocycles. The number of rotatable bonds is 6. The van der Waals surface area contributed by atoms with E-state index < -0.39 is 34.2 Å². The highest BCUT2D eigenvalue weighted by Gasteiger charge is 2.32. The molecular formula is C23H27NO7S. The number of fused-ring (bicyclic) bond motifs is 1. The molecular weight excluding hydrogens is 434 g/mol. The zero-order chi connectivity index (χ0) is 23.5. The number of methoxy groups -OCH3 is 1. The normalized spacial score (nSPS) is 13.8. The van der Waals surface area contributed by atoms with E-state index in [1.807, 2.05) is 12.1 Å². The lowest BCUT2D eigenvalue weighted by atomic mass is 10.0. The smallest absolute Gasteiger partial charge is 0.344 e. The van der Waals surface area contributed by atoms with Crippen LogP contribution in [0.1, 0.15) is 43.1 Å². The molecule has 172 valence electrons. The first-order valence-corrected chi connectivity index (χ1v) is 11.6. The molecule has 0 saturated carbocycles. The van der Waals surface area contributed by atoms with Gasteiger partial charge in [-0.15, -0.1) is 0 Å². The average molecular weight is 462 g/mol. The number of sulfonamides is 1. The predicted octanol–water partition coefficient (Wildman–Crippen LogP) is 3.34. The summed E-state index contributed by atoms with van der Waals surface area (Å²) in [5.74, 6) is -1.43. The van der Waals surface area contributed by atoms with Crippen LogP contribution in [0.3, 0.4) is 0 Å². The number of esters is 2. The summed E-state index contributed by atoms with van der Waals surface area (Å²) in [7, 11) is -2.66. The maximum atomic E-state index is 13.5. The second kappa shape index (κ2) is 9.20. The number of benzene rings is 2. The van der Waals surface area contributed by atoms with Gasteiger partial charge in [0.1, 0.15) is 16.2 Å². The van der Waals surface area contributed by atoms with Crippen LogP contribution in [0, 0.1) is 0 Å². The number of carbonyl (C=O) groups excluding carboxylic acids is 2. The van der Waals surface area contributed by atoms with Gasteiger partial charge in [0.15, 0.2) is 6.61 Å². The molecule has 32 heavy (non-hydrogen) atoms. The van der Waals surface area contributed by atoms with Crippen LogP contribution in [-0.2, 0) is 30.7 Å². The number of carbonyl (C=O) groups is 2. The van der Waals surface area contributed by atoms with Gasteiger partial charge < -0.3 is 14.2 Å². The van der Waals surface area contributed by atoms with Crippen molar-refractivity contribution in [3.05, 3.63) is 53.6 Å². The number of hydrogen-bond acceptors (Lipinski definition) is 7. The Labute approximate surface area is 188 Å². The van der Waals surface area contributed by atoms with Crippen LogP contribution in [0.2, 0.25) is 0 Å². The monoisotopic (exact) mass is 461 g/mol. The van der Waals surface area contributed by atoms with E-state index in [-0.39, 0.29) is 16.2 Å².